The van der Waals surface area contributed by atoms with E-state index >= 15 is 0 Å². The number of aromatic nitrogens is 1. The monoisotopic (exact) mass is 300 g/mol. The average molecular weight is 301 g/mol. The Hall–Kier alpha value is -0.440. The fraction of sp³-hybridized carbons (Fsp3) is 0.375. The van der Waals surface area contributed by atoms with E-state index in [1.807, 2.05) is 4.89 Å². The first kappa shape index (κ1) is 14.6. The lowest BCUT2D eigenvalue weighted by Crippen LogP contribution is -2.25. The van der Waals surface area contributed by atoms with Gasteiger partial charge in [-0.1, -0.05) is 28.1 Å². The van der Waals surface area contributed by atoms with Crippen molar-refractivity contribution in [2.45, 2.75) is 4.90 Å². The summed E-state index contributed by atoms with van der Waals surface area (Å²) in [6, 6.07) is 1.18. The molecule has 9 heteroatoms. The lowest BCUT2D eigenvalue weighted by Gasteiger charge is -2.07. The van der Waals surface area contributed by atoms with Crippen molar-refractivity contribution in [2.24, 2.45) is 0 Å². The second-order valence-electron chi connectivity index (χ2n) is 2.87. The summed E-state index contributed by atoms with van der Waals surface area (Å²) in [5.74, 6) is 0. The van der Waals surface area contributed by atoms with Gasteiger partial charge in [0.25, 0.3) is 10.0 Å². The molecule has 1 heterocycles. The number of hydrogen-bond acceptors (Lipinski definition) is 5. The molecule has 0 saturated carbocycles. The molecule has 0 spiro atoms. The Morgan fingerprint density at radius 1 is 1.41 bits per heavy atom. The van der Waals surface area contributed by atoms with Crippen molar-refractivity contribution in [3.63, 3.8) is 0 Å². The van der Waals surface area contributed by atoms with E-state index in [1.54, 1.807) is 0 Å². The van der Waals surface area contributed by atoms with Crippen LogP contribution in [0.15, 0.2) is 17.2 Å². The van der Waals surface area contributed by atoms with Gasteiger partial charge in [0.05, 0.1) is 18.2 Å². The zero-order chi connectivity index (χ0) is 12.9. The highest BCUT2D eigenvalue weighted by Gasteiger charge is 2.16. The van der Waals surface area contributed by atoms with Gasteiger partial charge < -0.3 is 4.74 Å². The summed E-state index contributed by atoms with van der Waals surface area (Å²) in [6.07, 6.45) is 1.08. The molecule has 0 radical (unpaired) electrons. The predicted molar refractivity (Wildman–Crippen MR) is 62.4 cm³/mol. The first-order chi connectivity index (χ1) is 7.97. The van der Waals surface area contributed by atoms with E-state index in [0.717, 1.165) is 6.20 Å². The number of nitrogens with zero attached hydrogens (tertiary/aromatic N) is 1. The van der Waals surface area contributed by atoms with E-state index in [4.69, 9.17) is 28.0 Å². The van der Waals surface area contributed by atoms with Crippen molar-refractivity contribution in [2.75, 3.05) is 20.3 Å². The van der Waals surface area contributed by atoms with E-state index < -0.39 is 10.0 Å². The van der Waals surface area contributed by atoms with Gasteiger partial charge in [0.1, 0.15) is 10.0 Å². The Balaban J connectivity index is 2.72. The Labute approximate surface area is 109 Å². The van der Waals surface area contributed by atoms with Crippen molar-refractivity contribution in [3.05, 3.63) is 22.4 Å². The maximum Gasteiger partial charge on any atom is 0.264 e. The van der Waals surface area contributed by atoms with Gasteiger partial charge in [-0.15, -0.1) is 0 Å². The molecule has 1 N–H and O–H groups in total. The van der Waals surface area contributed by atoms with Crippen LogP contribution in [0.1, 0.15) is 0 Å². The maximum absolute atomic E-state index is 11.6. The van der Waals surface area contributed by atoms with Crippen LogP contribution in [-0.2, 0) is 19.6 Å². The number of methoxy groups -OCH3 is 1. The summed E-state index contributed by atoms with van der Waals surface area (Å²) in [5, 5.41) is 0.0809. The molecule has 0 bridgehead atoms. The highest BCUT2D eigenvalue weighted by atomic mass is 35.5. The van der Waals surface area contributed by atoms with Gasteiger partial charge >= 0.3 is 0 Å². The van der Waals surface area contributed by atoms with Crippen LogP contribution >= 0.6 is 23.2 Å². The van der Waals surface area contributed by atoms with E-state index in [0.29, 0.717) is 0 Å². The molecule has 0 fully saturated rings. The third-order valence-corrected chi connectivity index (χ3v) is 3.51. The van der Waals surface area contributed by atoms with E-state index in [2.05, 4.69) is 9.72 Å². The van der Waals surface area contributed by atoms with Crippen molar-refractivity contribution < 1.29 is 18.0 Å². The zero-order valence-electron chi connectivity index (χ0n) is 8.81. The molecule has 1 rings (SSSR count). The minimum Gasteiger partial charge on any atom is -0.382 e. The zero-order valence-corrected chi connectivity index (χ0v) is 11.1. The van der Waals surface area contributed by atoms with Crippen LogP contribution < -0.4 is 4.89 Å². The lowest BCUT2D eigenvalue weighted by atomic mass is 10.5. The van der Waals surface area contributed by atoms with Gasteiger partial charge in [0.2, 0.25) is 0 Å². The normalized spacial score (nSPS) is 11.7. The predicted octanol–water partition coefficient (Wildman–Crippen LogP) is 1.24. The van der Waals surface area contributed by atoms with Gasteiger partial charge in [-0.3, -0.25) is 4.84 Å². The quantitative estimate of drug-likeness (QED) is 0.486. The molecule has 0 unspecified atom stereocenters. The molecule has 0 aromatic carbocycles. The largest absolute Gasteiger partial charge is 0.382 e. The summed E-state index contributed by atoms with van der Waals surface area (Å²) in [6.45, 7) is 0.354. The number of ether oxygens (including phenoxy) is 1. The topological polar surface area (TPSA) is 77.5 Å². The Bertz CT molecular complexity index is 480. The van der Waals surface area contributed by atoms with Crippen molar-refractivity contribution in [1.82, 2.24) is 9.87 Å². The third kappa shape index (κ3) is 4.38. The Morgan fingerprint density at radius 2 is 2.12 bits per heavy atom. The molecule has 0 atom stereocenters. The number of nitrogens with one attached hydrogen (secondary N) is 1. The first-order valence-corrected chi connectivity index (χ1v) is 6.65. The van der Waals surface area contributed by atoms with Crippen molar-refractivity contribution in [3.8, 4) is 0 Å². The summed E-state index contributed by atoms with van der Waals surface area (Å²) >= 11 is 11.2. The van der Waals surface area contributed by atoms with Gasteiger partial charge in [-0.2, -0.15) is 0 Å². The maximum atomic E-state index is 11.6. The smallest absolute Gasteiger partial charge is 0.264 e. The number of sulfonamides is 1. The van der Waals surface area contributed by atoms with Gasteiger partial charge in [-0.25, -0.2) is 13.4 Å². The first-order valence-electron chi connectivity index (χ1n) is 4.41. The number of halogens is 2. The molecule has 0 aliphatic carbocycles. The molecule has 0 saturated heterocycles. The van der Waals surface area contributed by atoms with Crippen LogP contribution in [0, 0.1) is 0 Å². The van der Waals surface area contributed by atoms with Gasteiger partial charge in [0, 0.05) is 13.3 Å². The van der Waals surface area contributed by atoms with Crippen LogP contribution in [0.25, 0.3) is 0 Å². The number of hydrogen-bond donors (Lipinski definition) is 1. The van der Waals surface area contributed by atoms with E-state index in [-0.39, 0.29) is 28.3 Å². The summed E-state index contributed by atoms with van der Waals surface area (Å²) in [4.78, 5) is 10.1. The highest BCUT2D eigenvalue weighted by Crippen LogP contribution is 2.21. The number of rotatable bonds is 6. The fourth-order valence-electron chi connectivity index (χ4n) is 0.843. The molecule has 0 aliphatic heterocycles. The minimum atomic E-state index is -3.81. The highest BCUT2D eigenvalue weighted by molar-refractivity contribution is 7.89. The Morgan fingerprint density at radius 3 is 2.71 bits per heavy atom. The van der Waals surface area contributed by atoms with E-state index in [9.17, 15) is 8.42 Å². The third-order valence-electron chi connectivity index (χ3n) is 1.64. The minimum absolute atomic E-state index is 0.0333. The number of pyridine rings is 1. The van der Waals surface area contributed by atoms with Crippen LogP contribution in [0.3, 0.4) is 0 Å². The second-order valence-corrected chi connectivity index (χ2v) is 5.28. The summed E-state index contributed by atoms with van der Waals surface area (Å²) in [5.41, 5.74) is 0. The SMILES string of the molecule is COCCONS(=O)(=O)c1cnc(Cl)c(Cl)c1. The molecule has 1 aromatic heterocycles. The van der Waals surface area contributed by atoms with Crippen LogP contribution in [0.4, 0.5) is 0 Å². The summed E-state index contributed by atoms with van der Waals surface area (Å²) in [7, 11) is -2.34. The summed E-state index contributed by atoms with van der Waals surface area (Å²) < 4.78 is 28.0. The fourth-order valence-corrected chi connectivity index (χ4v) is 1.98. The van der Waals surface area contributed by atoms with Crippen molar-refractivity contribution >= 4 is 33.2 Å². The van der Waals surface area contributed by atoms with Gasteiger partial charge in [-0.05, 0) is 6.07 Å². The average Bonchev–Trinajstić information content (AvgIpc) is 2.28. The van der Waals surface area contributed by atoms with Crippen LogP contribution in [0.2, 0.25) is 10.2 Å². The van der Waals surface area contributed by atoms with E-state index in [1.165, 1.54) is 13.2 Å². The van der Waals surface area contributed by atoms with Crippen LogP contribution in [0.5, 0.6) is 0 Å². The lowest BCUT2D eigenvalue weighted by molar-refractivity contribution is 0.0438. The molecule has 0 aliphatic rings. The molecular formula is C8H10Cl2N2O4S. The Kier molecular flexibility index (Phi) is 5.57. The molecule has 0 amide bonds. The van der Waals surface area contributed by atoms with Gasteiger partial charge in [0.15, 0.2) is 0 Å². The molecule has 1 aromatic rings. The molecule has 17 heavy (non-hydrogen) atoms. The van der Waals surface area contributed by atoms with Crippen molar-refractivity contribution in [1.29, 1.82) is 0 Å². The standard InChI is InChI=1S/C8H10Cl2N2O4S/c1-15-2-3-16-12-17(13,14)6-4-7(9)8(10)11-5-6/h4-5,12H,2-3H2,1H3. The molecular weight excluding hydrogens is 291 g/mol. The molecule has 96 valence electrons. The molecule has 6 nitrogen and oxygen atoms in total. The second kappa shape index (κ2) is 6.48. The van der Waals surface area contributed by atoms with Crippen LogP contribution in [-0.4, -0.2) is 33.7 Å².